The fourth-order valence-electron chi connectivity index (χ4n) is 2.06. The van der Waals surface area contributed by atoms with Crippen molar-refractivity contribution in [1.29, 1.82) is 0 Å². The maximum atomic E-state index is 12.0. The molecule has 1 aliphatic rings. The normalized spacial score (nSPS) is 18.3. The molecule has 1 aromatic rings. The van der Waals surface area contributed by atoms with Crippen LogP contribution in [0.2, 0.25) is 0 Å². The van der Waals surface area contributed by atoms with E-state index in [9.17, 15) is 4.79 Å². The Morgan fingerprint density at radius 1 is 1.33 bits per heavy atom. The molecule has 2 rings (SSSR count). The summed E-state index contributed by atoms with van der Waals surface area (Å²) in [6, 6.07) is 7.36. The second kappa shape index (κ2) is 5.98. The molecule has 0 aromatic heterocycles. The molecule has 0 aliphatic carbocycles. The van der Waals surface area contributed by atoms with Gasteiger partial charge in [0.25, 0.3) is 0 Å². The van der Waals surface area contributed by atoms with Crippen molar-refractivity contribution < 1.29 is 9.53 Å². The molecule has 0 radical (unpaired) electrons. The molecule has 1 saturated heterocycles. The third kappa shape index (κ3) is 3.31. The molecule has 98 valence electrons. The van der Waals surface area contributed by atoms with Crippen LogP contribution in [0, 0.1) is 6.92 Å². The topological polar surface area (TPSA) is 64.4 Å². The molecule has 1 heterocycles. The summed E-state index contributed by atoms with van der Waals surface area (Å²) in [5.74, 6) is -0.106. The number of rotatable bonds is 3. The number of benzene rings is 1. The summed E-state index contributed by atoms with van der Waals surface area (Å²) in [5.41, 5.74) is 7.98. The molecule has 4 heteroatoms. The monoisotopic (exact) mass is 248 g/mol. The van der Waals surface area contributed by atoms with Crippen LogP contribution in [0.15, 0.2) is 24.3 Å². The first-order valence-corrected chi connectivity index (χ1v) is 6.37. The van der Waals surface area contributed by atoms with Crippen molar-refractivity contribution in [2.24, 2.45) is 5.73 Å². The van der Waals surface area contributed by atoms with Crippen LogP contribution in [0.3, 0.4) is 0 Å². The van der Waals surface area contributed by atoms with Crippen LogP contribution >= 0.6 is 0 Å². The van der Waals surface area contributed by atoms with Gasteiger partial charge in [0.1, 0.15) is 6.04 Å². The third-order valence-corrected chi connectivity index (χ3v) is 3.29. The van der Waals surface area contributed by atoms with Crippen molar-refractivity contribution in [3.63, 3.8) is 0 Å². The van der Waals surface area contributed by atoms with E-state index in [2.05, 4.69) is 5.32 Å². The Morgan fingerprint density at radius 3 is 2.56 bits per heavy atom. The average molecular weight is 248 g/mol. The highest BCUT2D eigenvalue weighted by molar-refractivity contribution is 5.83. The summed E-state index contributed by atoms with van der Waals surface area (Å²) in [5, 5.41) is 2.99. The van der Waals surface area contributed by atoms with Crippen LogP contribution in [-0.4, -0.2) is 25.2 Å². The number of amides is 1. The Morgan fingerprint density at radius 2 is 1.94 bits per heavy atom. The van der Waals surface area contributed by atoms with E-state index in [4.69, 9.17) is 10.5 Å². The molecule has 0 bridgehead atoms. The number of aryl methyl sites for hydroxylation is 1. The summed E-state index contributed by atoms with van der Waals surface area (Å²) in [6.45, 7) is 3.44. The molecule has 0 spiro atoms. The van der Waals surface area contributed by atoms with Gasteiger partial charge in [0.15, 0.2) is 0 Å². The number of carbonyl (C=O) groups is 1. The highest BCUT2D eigenvalue weighted by Gasteiger charge is 2.21. The zero-order valence-electron chi connectivity index (χ0n) is 10.7. The minimum absolute atomic E-state index is 0.106. The van der Waals surface area contributed by atoms with Gasteiger partial charge in [-0.2, -0.15) is 0 Å². The predicted molar refractivity (Wildman–Crippen MR) is 70.1 cm³/mol. The lowest BCUT2D eigenvalue weighted by Crippen LogP contribution is -2.43. The zero-order valence-corrected chi connectivity index (χ0v) is 10.7. The molecule has 1 atom stereocenters. The van der Waals surface area contributed by atoms with Gasteiger partial charge in [-0.25, -0.2) is 0 Å². The van der Waals surface area contributed by atoms with Crippen molar-refractivity contribution in [2.45, 2.75) is 31.8 Å². The first kappa shape index (κ1) is 13.1. The van der Waals surface area contributed by atoms with Gasteiger partial charge in [-0.05, 0) is 25.3 Å². The third-order valence-electron chi connectivity index (χ3n) is 3.29. The predicted octanol–water partition coefficient (Wildman–Crippen LogP) is 1.29. The van der Waals surface area contributed by atoms with Crippen LogP contribution in [0.5, 0.6) is 0 Å². The van der Waals surface area contributed by atoms with Gasteiger partial charge in [0, 0.05) is 19.3 Å². The van der Waals surface area contributed by atoms with E-state index in [0.29, 0.717) is 13.2 Å². The van der Waals surface area contributed by atoms with Crippen molar-refractivity contribution >= 4 is 5.91 Å². The van der Waals surface area contributed by atoms with E-state index in [-0.39, 0.29) is 11.9 Å². The summed E-state index contributed by atoms with van der Waals surface area (Å²) in [4.78, 5) is 12.0. The van der Waals surface area contributed by atoms with E-state index in [1.807, 2.05) is 31.2 Å². The van der Waals surface area contributed by atoms with E-state index in [0.717, 1.165) is 24.0 Å². The lowest BCUT2D eigenvalue weighted by molar-refractivity contribution is -0.123. The maximum Gasteiger partial charge on any atom is 0.241 e. The van der Waals surface area contributed by atoms with Crippen molar-refractivity contribution in [1.82, 2.24) is 5.32 Å². The molecular weight excluding hydrogens is 228 g/mol. The number of hydrogen-bond donors (Lipinski definition) is 2. The molecule has 1 amide bonds. The molecule has 1 fully saturated rings. The fraction of sp³-hybridized carbons (Fsp3) is 0.500. The SMILES string of the molecule is Cc1ccc(C(N)C(=O)NC2CCOCC2)cc1. The summed E-state index contributed by atoms with van der Waals surface area (Å²) >= 11 is 0. The van der Waals surface area contributed by atoms with Gasteiger partial charge in [-0.3, -0.25) is 4.79 Å². The molecule has 18 heavy (non-hydrogen) atoms. The molecule has 4 nitrogen and oxygen atoms in total. The van der Waals surface area contributed by atoms with Crippen LogP contribution in [-0.2, 0) is 9.53 Å². The molecule has 1 aliphatic heterocycles. The summed E-state index contributed by atoms with van der Waals surface area (Å²) in [6.07, 6.45) is 1.73. The number of nitrogens with one attached hydrogen (secondary N) is 1. The molecular formula is C14H20N2O2. The number of hydrogen-bond acceptors (Lipinski definition) is 3. The number of carbonyl (C=O) groups excluding carboxylic acids is 1. The first-order valence-electron chi connectivity index (χ1n) is 6.37. The van der Waals surface area contributed by atoms with Gasteiger partial charge < -0.3 is 15.8 Å². The van der Waals surface area contributed by atoms with Crippen LogP contribution in [0.4, 0.5) is 0 Å². The number of ether oxygens (including phenoxy) is 1. The summed E-state index contributed by atoms with van der Waals surface area (Å²) < 4.78 is 5.26. The maximum absolute atomic E-state index is 12.0. The van der Waals surface area contributed by atoms with Crippen molar-refractivity contribution in [3.05, 3.63) is 35.4 Å². The lowest BCUT2D eigenvalue weighted by atomic mass is 10.0. The van der Waals surface area contributed by atoms with E-state index >= 15 is 0 Å². The smallest absolute Gasteiger partial charge is 0.241 e. The highest BCUT2D eigenvalue weighted by atomic mass is 16.5. The Kier molecular flexibility index (Phi) is 4.33. The van der Waals surface area contributed by atoms with Crippen LogP contribution in [0.25, 0.3) is 0 Å². The minimum Gasteiger partial charge on any atom is -0.381 e. The van der Waals surface area contributed by atoms with Crippen molar-refractivity contribution in [2.75, 3.05) is 13.2 Å². The lowest BCUT2D eigenvalue weighted by Gasteiger charge is -2.24. The van der Waals surface area contributed by atoms with E-state index in [1.54, 1.807) is 0 Å². The van der Waals surface area contributed by atoms with Crippen LogP contribution < -0.4 is 11.1 Å². The molecule has 1 aromatic carbocycles. The fourth-order valence-corrected chi connectivity index (χ4v) is 2.06. The van der Waals surface area contributed by atoms with Crippen LogP contribution in [0.1, 0.15) is 30.0 Å². The Bertz CT molecular complexity index is 397. The second-order valence-electron chi connectivity index (χ2n) is 4.78. The Balaban J connectivity index is 1.93. The van der Waals surface area contributed by atoms with Gasteiger partial charge in [0.05, 0.1) is 0 Å². The van der Waals surface area contributed by atoms with E-state index in [1.165, 1.54) is 0 Å². The van der Waals surface area contributed by atoms with Crippen molar-refractivity contribution in [3.8, 4) is 0 Å². The Hall–Kier alpha value is -1.39. The van der Waals surface area contributed by atoms with Gasteiger partial charge in [0.2, 0.25) is 5.91 Å². The highest BCUT2D eigenvalue weighted by Crippen LogP contribution is 2.13. The Labute approximate surface area is 108 Å². The average Bonchev–Trinajstić information content (AvgIpc) is 2.40. The van der Waals surface area contributed by atoms with Gasteiger partial charge in [-0.15, -0.1) is 0 Å². The first-order chi connectivity index (χ1) is 8.66. The van der Waals surface area contributed by atoms with Gasteiger partial charge in [-0.1, -0.05) is 29.8 Å². The molecule has 0 saturated carbocycles. The molecule has 1 unspecified atom stereocenters. The van der Waals surface area contributed by atoms with Gasteiger partial charge >= 0.3 is 0 Å². The zero-order chi connectivity index (χ0) is 13.0. The largest absolute Gasteiger partial charge is 0.381 e. The minimum atomic E-state index is -0.589. The quantitative estimate of drug-likeness (QED) is 0.847. The standard InChI is InChI=1S/C14H20N2O2/c1-10-2-4-11(5-3-10)13(15)14(17)16-12-6-8-18-9-7-12/h2-5,12-13H,6-9,15H2,1H3,(H,16,17). The number of nitrogens with two attached hydrogens (primary N) is 1. The van der Waals surface area contributed by atoms with E-state index < -0.39 is 6.04 Å². The molecule has 3 N–H and O–H groups in total. The summed E-state index contributed by atoms with van der Waals surface area (Å²) in [7, 11) is 0. The second-order valence-corrected chi connectivity index (χ2v) is 4.78.